The van der Waals surface area contributed by atoms with Gasteiger partial charge in [0.25, 0.3) is 5.91 Å². The number of amides is 1. The molecule has 1 heterocycles. The number of aromatic nitrogens is 2. The van der Waals surface area contributed by atoms with Crippen LogP contribution in [0.4, 0.5) is 11.5 Å². The van der Waals surface area contributed by atoms with Crippen molar-refractivity contribution < 1.29 is 4.79 Å². The molecule has 0 saturated carbocycles. The second kappa shape index (κ2) is 8.94. The molecule has 0 bridgehead atoms. The lowest BCUT2D eigenvalue weighted by Crippen LogP contribution is -2.24. The van der Waals surface area contributed by atoms with Gasteiger partial charge in [-0.3, -0.25) is 4.79 Å². The molecule has 5 nitrogen and oxygen atoms in total. The van der Waals surface area contributed by atoms with Gasteiger partial charge in [0, 0.05) is 29.4 Å². The van der Waals surface area contributed by atoms with E-state index in [1.165, 1.54) is 5.56 Å². The van der Waals surface area contributed by atoms with Crippen LogP contribution in [0, 0.1) is 6.92 Å². The van der Waals surface area contributed by atoms with Crippen LogP contribution in [0.5, 0.6) is 0 Å². The monoisotopic (exact) mass is 360 g/mol. The fourth-order valence-electron chi connectivity index (χ4n) is 2.67. The maximum absolute atomic E-state index is 12.2. The number of carbonyl (C=O) groups is 1. The number of anilines is 2. The molecular weight excluding hydrogens is 336 g/mol. The number of benzene rings is 2. The molecule has 27 heavy (non-hydrogen) atoms. The molecule has 0 aliphatic carbocycles. The van der Waals surface area contributed by atoms with Crippen LogP contribution < -0.4 is 10.6 Å². The molecule has 138 valence electrons. The van der Waals surface area contributed by atoms with Crippen LogP contribution in [0.1, 0.15) is 35.7 Å². The van der Waals surface area contributed by atoms with E-state index in [0.717, 1.165) is 29.8 Å². The quantitative estimate of drug-likeness (QED) is 0.598. The predicted molar refractivity (Wildman–Crippen MR) is 109 cm³/mol. The summed E-state index contributed by atoms with van der Waals surface area (Å²) in [6.45, 7) is 4.85. The number of hydrogen-bond donors (Lipinski definition) is 2. The maximum Gasteiger partial charge on any atom is 0.251 e. The fraction of sp³-hybridized carbons (Fsp3) is 0.227. The molecule has 0 saturated heterocycles. The van der Waals surface area contributed by atoms with E-state index in [0.29, 0.717) is 17.9 Å². The van der Waals surface area contributed by atoms with Crippen molar-refractivity contribution in [3.8, 4) is 11.3 Å². The molecule has 0 aliphatic rings. The number of nitrogens with one attached hydrogen (secondary N) is 2. The third-order valence-electron chi connectivity index (χ3n) is 4.23. The molecule has 1 aromatic heterocycles. The topological polar surface area (TPSA) is 66.9 Å². The molecule has 3 aromatic rings. The van der Waals surface area contributed by atoms with Crippen LogP contribution in [0.15, 0.2) is 60.9 Å². The van der Waals surface area contributed by atoms with E-state index in [-0.39, 0.29) is 5.91 Å². The first kappa shape index (κ1) is 18.6. The minimum absolute atomic E-state index is 0.0601. The number of unbranched alkanes of at least 4 members (excludes halogenated alkanes) is 1. The Labute approximate surface area is 159 Å². The zero-order chi connectivity index (χ0) is 19.1. The lowest BCUT2D eigenvalue weighted by atomic mass is 10.1. The molecule has 0 unspecified atom stereocenters. The highest BCUT2D eigenvalue weighted by Gasteiger charge is 2.07. The maximum atomic E-state index is 12.2. The van der Waals surface area contributed by atoms with Crippen LogP contribution in [0.2, 0.25) is 0 Å². The van der Waals surface area contributed by atoms with Crippen molar-refractivity contribution >= 4 is 17.4 Å². The summed E-state index contributed by atoms with van der Waals surface area (Å²) in [4.78, 5) is 20.9. The zero-order valence-corrected chi connectivity index (χ0v) is 15.7. The van der Waals surface area contributed by atoms with E-state index in [9.17, 15) is 4.79 Å². The van der Waals surface area contributed by atoms with E-state index in [4.69, 9.17) is 0 Å². The highest BCUT2D eigenvalue weighted by Crippen LogP contribution is 2.22. The largest absolute Gasteiger partial charge is 0.352 e. The summed E-state index contributed by atoms with van der Waals surface area (Å²) in [6.07, 6.45) is 3.57. The molecule has 0 spiro atoms. The van der Waals surface area contributed by atoms with E-state index in [1.54, 1.807) is 6.33 Å². The number of carbonyl (C=O) groups excluding carboxylic acids is 1. The summed E-state index contributed by atoms with van der Waals surface area (Å²) in [5.41, 5.74) is 4.53. The van der Waals surface area contributed by atoms with E-state index < -0.39 is 0 Å². The van der Waals surface area contributed by atoms with Crippen LogP contribution in [-0.4, -0.2) is 22.4 Å². The molecule has 0 fully saturated rings. The Balaban J connectivity index is 1.74. The van der Waals surface area contributed by atoms with Gasteiger partial charge in [0.05, 0.1) is 5.69 Å². The van der Waals surface area contributed by atoms with Gasteiger partial charge in [0.2, 0.25) is 0 Å². The molecule has 2 N–H and O–H groups in total. The average Bonchev–Trinajstić information content (AvgIpc) is 2.69. The van der Waals surface area contributed by atoms with E-state index in [1.807, 2.05) is 42.5 Å². The van der Waals surface area contributed by atoms with Gasteiger partial charge >= 0.3 is 0 Å². The predicted octanol–water partition coefficient (Wildman–Crippen LogP) is 4.73. The molecule has 0 aliphatic heterocycles. The summed E-state index contributed by atoms with van der Waals surface area (Å²) in [7, 11) is 0. The fourth-order valence-corrected chi connectivity index (χ4v) is 2.67. The summed E-state index contributed by atoms with van der Waals surface area (Å²) in [5, 5.41) is 6.19. The summed E-state index contributed by atoms with van der Waals surface area (Å²) < 4.78 is 0. The van der Waals surface area contributed by atoms with Crippen molar-refractivity contribution in [3.05, 3.63) is 72.1 Å². The Hall–Kier alpha value is -3.21. The van der Waals surface area contributed by atoms with Crippen molar-refractivity contribution in [2.75, 3.05) is 11.9 Å². The number of aryl methyl sites for hydroxylation is 1. The highest BCUT2D eigenvalue weighted by atomic mass is 16.1. The molecule has 3 rings (SSSR count). The lowest BCUT2D eigenvalue weighted by molar-refractivity contribution is 0.0953. The molecule has 0 radical (unpaired) electrons. The Morgan fingerprint density at radius 1 is 1.04 bits per heavy atom. The first-order chi connectivity index (χ1) is 13.2. The average molecular weight is 360 g/mol. The summed E-state index contributed by atoms with van der Waals surface area (Å²) >= 11 is 0. The van der Waals surface area contributed by atoms with E-state index in [2.05, 4.69) is 46.6 Å². The Kier molecular flexibility index (Phi) is 6.15. The van der Waals surface area contributed by atoms with Crippen LogP contribution in [0.3, 0.4) is 0 Å². The van der Waals surface area contributed by atoms with Gasteiger partial charge in [0.15, 0.2) is 0 Å². The standard InChI is InChI=1S/C22H24N4O/c1-3-4-12-23-22(27)18-6-5-7-19(13-18)26-21-14-20(24-15-25-21)17-10-8-16(2)9-11-17/h5-11,13-15H,3-4,12H2,1-2H3,(H,23,27)(H,24,25,26). The first-order valence-electron chi connectivity index (χ1n) is 9.20. The van der Waals surface area contributed by atoms with Crippen molar-refractivity contribution in [2.24, 2.45) is 0 Å². The summed E-state index contributed by atoms with van der Waals surface area (Å²) in [5.74, 6) is 0.624. The SMILES string of the molecule is CCCCNC(=O)c1cccc(Nc2cc(-c3ccc(C)cc3)ncn2)c1. The van der Waals surface area contributed by atoms with E-state index >= 15 is 0 Å². The highest BCUT2D eigenvalue weighted by molar-refractivity contribution is 5.95. The van der Waals surface area contributed by atoms with Crippen molar-refractivity contribution in [3.63, 3.8) is 0 Å². The van der Waals surface area contributed by atoms with Crippen LogP contribution >= 0.6 is 0 Å². The Morgan fingerprint density at radius 2 is 1.85 bits per heavy atom. The minimum atomic E-state index is -0.0601. The summed E-state index contributed by atoms with van der Waals surface area (Å²) in [6, 6.07) is 17.5. The van der Waals surface area contributed by atoms with Gasteiger partial charge in [-0.15, -0.1) is 0 Å². The van der Waals surface area contributed by atoms with Crippen LogP contribution in [0.25, 0.3) is 11.3 Å². The molecule has 5 heteroatoms. The normalized spacial score (nSPS) is 10.4. The number of nitrogens with zero attached hydrogens (tertiary/aromatic N) is 2. The first-order valence-corrected chi connectivity index (χ1v) is 9.20. The van der Waals surface area contributed by atoms with Crippen molar-refractivity contribution in [1.82, 2.24) is 15.3 Å². The van der Waals surface area contributed by atoms with Crippen molar-refractivity contribution in [2.45, 2.75) is 26.7 Å². The lowest BCUT2D eigenvalue weighted by Gasteiger charge is -2.09. The second-order valence-electron chi connectivity index (χ2n) is 6.47. The Morgan fingerprint density at radius 3 is 2.63 bits per heavy atom. The van der Waals surface area contributed by atoms with Gasteiger partial charge in [-0.05, 0) is 31.5 Å². The van der Waals surface area contributed by atoms with Gasteiger partial charge in [-0.25, -0.2) is 9.97 Å². The molecule has 0 atom stereocenters. The van der Waals surface area contributed by atoms with Gasteiger partial charge in [-0.1, -0.05) is 49.2 Å². The smallest absolute Gasteiger partial charge is 0.251 e. The molecule has 1 amide bonds. The zero-order valence-electron chi connectivity index (χ0n) is 15.7. The number of rotatable bonds is 7. The second-order valence-corrected chi connectivity index (χ2v) is 6.47. The molecule has 2 aromatic carbocycles. The third kappa shape index (κ3) is 5.14. The molecular formula is C22H24N4O. The van der Waals surface area contributed by atoms with Gasteiger partial charge in [-0.2, -0.15) is 0 Å². The van der Waals surface area contributed by atoms with Gasteiger partial charge in [0.1, 0.15) is 12.1 Å². The van der Waals surface area contributed by atoms with Crippen LogP contribution in [-0.2, 0) is 0 Å². The minimum Gasteiger partial charge on any atom is -0.352 e. The van der Waals surface area contributed by atoms with Crippen molar-refractivity contribution in [1.29, 1.82) is 0 Å². The third-order valence-corrected chi connectivity index (χ3v) is 4.23. The van der Waals surface area contributed by atoms with Gasteiger partial charge < -0.3 is 10.6 Å². The Bertz CT molecular complexity index is 906. The number of hydrogen-bond acceptors (Lipinski definition) is 4.